The first-order chi connectivity index (χ1) is 12.3. The number of pyridine rings is 1. The number of nitrogens with one attached hydrogen (secondary N) is 1. The standard InChI is InChI=1S/C21H21N3S/c1-24-12-14(13-25-20-7-2-3-8-22-20)9-17-16-5-4-6-18-21(16)15(11-23-18)10-19(17)24/h2-9,11,14,19,23H,10,12-13H2,1H3/t14?,19-/m0/s1. The summed E-state index contributed by atoms with van der Waals surface area (Å²) in [6.07, 6.45) is 7.71. The van der Waals surface area contributed by atoms with E-state index in [4.69, 9.17) is 0 Å². The predicted octanol–water partition coefficient (Wildman–Crippen LogP) is 4.22. The summed E-state index contributed by atoms with van der Waals surface area (Å²) >= 11 is 1.86. The number of aromatic amines is 1. The quantitative estimate of drug-likeness (QED) is 0.720. The molecular formula is C21H21N3S. The lowest BCUT2D eigenvalue weighted by molar-refractivity contribution is 0.253. The summed E-state index contributed by atoms with van der Waals surface area (Å²) in [4.78, 5) is 10.4. The molecule has 0 saturated heterocycles. The van der Waals surface area contributed by atoms with Crippen LogP contribution in [0, 0.1) is 5.92 Å². The Kier molecular flexibility index (Phi) is 3.68. The smallest absolute Gasteiger partial charge is 0.0960 e. The van der Waals surface area contributed by atoms with E-state index in [2.05, 4.69) is 64.5 Å². The highest BCUT2D eigenvalue weighted by Gasteiger charge is 2.33. The number of likely N-dealkylation sites (N-methyl/N-ethyl adjacent to an activating group) is 1. The van der Waals surface area contributed by atoms with Gasteiger partial charge in [-0.1, -0.05) is 24.3 Å². The minimum atomic E-state index is 0.505. The number of hydrogen-bond acceptors (Lipinski definition) is 3. The van der Waals surface area contributed by atoms with E-state index in [9.17, 15) is 0 Å². The van der Waals surface area contributed by atoms with Crippen LogP contribution < -0.4 is 0 Å². The maximum Gasteiger partial charge on any atom is 0.0960 e. The minimum Gasteiger partial charge on any atom is -0.361 e. The lowest BCUT2D eigenvalue weighted by Crippen LogP contribution is -2.43. The Morgan fingerprint density at radius 2 is 2.20 bits per heavy atom. The van der Waals surface area contributed by atoms with Crippen molar-refractivity contribution in [3.05, 3.63) is 66.0 Å². The van der Waals surface area contributed by atoms with Crippen molar-refractivity contribution in [3.8, 4) is 0 Å². The Morgan fingerprint density at radius 1 is 1.24 bits per heavy atom. The first kappa shape index (κ1) is 15.2. The third kappa shape index (κ3) is 2.60. The zero-order chi connectivity index (χ0) is 16.8. The van der Waals surface area contributed by atoms with Gasteiger partial charge in [-0.05, 0) is 54.3 Å². The van der Waals surface area contributed by atoms with Gasteiger partial charge in [0.15, 0.2) is 0 Å². The van der Waals surface area contributed by atoms with Gasteiger partial charge in [-0.15, -0.1) is 11.8 Å². The molecule has 5 rings (SSSR count). The van der Waals surface area contributed by atoms with Crippen LogP contribution in [0.25, 0.3) is 16.5 Å². The lowest BCUT2D eigenvalue weighted by atomic mass is 9.80. The van der Waals surface area contributed by atoms with Gasteiger partial charge in [0.25, 0.3) is 0 Å². The number of H-pyrrole nitrogens is 1. The van der Waals surface area contributed by atoms with Crippen molar-refractivity contribution < 1.29 is 0 Å². The summed E-state index contributed by atoms with van der Waals surface area (Å²) in [6.45, 7) is 1.11. The van der Waals surface area contributed by atoms with Gasteiger partial charge in [0.1, 0.15) is 0 Å². The van der Waals surface area contributed by atoms with Crippen LogP contribution in [0.2, 0.25) is 0 Å². The fraction of sp³-hybridized carbons (Fsp3) is 0.286. The van der Waals surface area contributed by atoms with Crippen LogP contribution in [0.15, 0.2) is 59.9 Å². The molecule has 3 aromatic rings. The highest BCUT2D eigenvalue weighted by molar-refractivity contribution is 7.99. The summed E-state index contributed by atoms with van der Waals surface area (Å²) in [5, 5.41) is 2.54. The van der Waals surface area contributed by atoms with Gasteiger partial charge in [-0.25, -0.2) is 4.98 Å². The molecule has 0 radical (unpaired) electrons. The molecule has 2 atom stereocenters. The van der Waals surface area contributed by atoms with Crippen LogP contribution in [0.4, 0.5) is 0 Å². The van der Waals surface area contributed by atoms with E-state index < -0.39 is 0 Å². The van der Waals surface area contributed by atoms with E-state index in [1.807, 2.05) is 24.0 Å². The van der Waals surface area contributed by atoms with Crippen LogP contribution in [0.3, 0.4) is 0 Å². The van der Waals surface area contributed by atoms with Crippen LogP contribution in [0.5, 0.6) is 0 Å². The number of nitrogens with zero attached hydrogens (tertiary/aromatic N) is 2. The van der Waals surface area contributed by atoms with Gasteiger partial charge in [0, 0.05) is 41.6 Å². The van der Waals surface area contributed by atoms with Crippen molar-refractivity contribution in [1.82, 2.24) is 14.9 Å². The molecule has 1 unspecified atom stereocenters. The van der Waals surface area contributed by atoms with E-state index in [0.717, 1.165) is 23.7 Å². The molecule has 0 amide bonds. The summed E-state index contributed by atoms with van der Waals surface area (Å²) < 4.78 is 0. The first-order valence-corrected chi connectivity index (χ1v) is 9.83. The molecule has 0 saturated carbocycles. The average molecular weight is 347 g/mol. The Hall–Kier alpha value is -2.04. The summed E-state index contributed by atoms with van der Waals surface area (Å²) in [6, 6.07) is 13.3. The molecule has 0 spiro atoms. The normalized spacial score (nSPS) is 22.7. The van der Waals surface area contributed by atoms with Crippen molar-refractivity contribution in [1.29, 1.82) is 0 Å². The van der Waals surface area contributed by atoms with Gasteiger partial charge < -0.3 is 4.98 Å². The van der Waals surface area contributed by atoms with Gasteiger partial charge in [-0.3, -0.25) is 4.90 Å². The highest BCUT2D eigenvalue weighted by Crippen LogP contribution is 2.41. The summed E-state index contributed by atoms with van der Waals surface area (Å²) in [5.74, 6) is 1.63. The van der Waals surface area contributed by atoms with E-state index >= 15 is 0 Å². The van der Waals surface area contributed by atoms with Gasteiger partial charge in [0.05, 0.1) is 5.03 Å². The SMILES string of the molecule is CN1CC(CSc2ccccn2)C=C2c3cccc4[nH]cc(c34)C[C@@H]21. The molecule has 126 valence electrons. The van der Waals surface area contributed by atoms with Crippen molar-refractivity contribution >= 4 is 28.2 Å². The average Bonchev–Trinajstić information content (AvgIpc) is 3.06. The van der Waals surface area contributed by atoms with Crippen LogP contribution in [-0.4, -0.2) is 40.3 Å². The molecular weight excluding hydrogens is 326 g/mol. The first-order valence-electron chi connectivity index (χ1n) is 8.85. The number of rotatable bonds is 3. The van der Waals surface area contributed by atoms with Gasteiger partial charge >= 0.3 is 0 Å². The number of aromatic nitrogens is 2. The molecule has 3 heterocycles. The van der Waals surface area contributed by atoms with Crippen LogP contribution in [0.1, 0.15) is 11.1 Å². The third-order valence-electron chi connectivity index (χ3n) is 5.42. The number of thioether (sulfide) groups is 1. The second-order valence-electron chi connectivity index (χ2n) is 7.06. The van der Waals surface area contributed by atoms with Crippen molar-refractivity contribution in [3.63, 3.8) is 0 Å². The molecule has 0 bridgehead atoms. The van der Waals surface area contributed by atoms with Gasteiger partial charge in [0.2, 0.25) is 0 Å². The van der Waals surface area contributed by atoms with Crippen LogP contribution >= 0.6 is 11.8 Å². The Balaban J connectivity index is 1.48. The summed E-state index contributed by atoms with van der Waals surface area (Å²) in [5.41, 5.74) is 5.66. The number of hydrogen-bond donors (Lipinski definition) is 1. The molecule has 1 N–H and O–H groups in total. The molecule has 0 fully saturated rings. The monoisotopic (exact) mass is 347 g/mol. The maximum absolute atomic E-state index is 4.44. The second kappa shape index (κ2) is 6.04. The maximum atomic E-state index is 4.44. The fourth-order valence-corrected chi connectivity index (χ4v) is 5.18. The molecule has 2 aromatic heterocycles. The third-order valence-corrected chi connectivity index (χ3v) is 6.56. The largest absolute Gasteiger partial charge is 0.361 e. The fourth-order valence-electron chi connectivity index (χ4n) is 4.28. The van der Waals surface area contributed by atoms with Crippen molar-refractivity contribution in [2.45, 2.75) is 17.5 Å². The Labute approximate surface area is 152 Å². The van der Waals surface area contributed by atoms with Gasteiger partial charge in [-0.2, -0.15) is 0 Å². The van der Waals surface area contributed by atoms with E-state index in [1.165, 1.54) is 27.6 Å². The topological polar surface area (TPSA) is 31.9 Å². The molecule has 1 aliphatic carbocycles. The van der Waals surface area contributed by atoms with E-state index in [1.54, 1.807) is 0 Å². The minimum absolute atomic E-state index is 0.505. The van der Waals surface area contributed by atoms with E-state index in [-0.39, 0.29) is 0 Å². The highest BCUT2D eigenvalue weighted by atomic mass is 32.2. The summed E-state index contributed by atoms with van der Waals surface area (Å²) in [7, 11) is 2.27. The lowest BCUT2D eigenvalue weighted by Gasteiger charge is -2.39. The molecule has 25 heavy (non-hydrogen) atoms. The molecule has 3 nitrogen and oxygen atoms in total. The molecule has 1 aromatic carbocycles. The Bertz CT molecular complexity index is 944. The predicted molar refractivity (Wildman–Crippen MR) is 105 cm³/mol. The van der Waals surface area contributed by atoms with Crippen molar-refractivity contribution in [2.75, 3.05) is 19.3 Å². The molecule has 2 aliphatic rings. The molecule has 1 aliphatic heterocycles. The Morgan fingerprint density at radius 3 is 3.08 bits per heavy atom. The van der Waals surface area contributed by atoms with E-state index in [0.29, 0.717) is 12.0 Å². The second-order valence-corrected chi connectivity index (χ2v) is 8.10. The number of benzene rings is 1. The number of fused-ring (bicyclic) bond motifs is 2. The molecule has 4 heteroatoms. The zero-order valence-electron chi connectivity index (χ0n) is 14.3. The zero-order valence-corrected chi connectivity index (χ0v) is 15.1. The van der Waals surface area contributed by atoms with Crippen molar-refractivity contribution in [2.24, 2.45) is 5.92 Å². The van der Waals surface area contributed by atoms with Crippen LogP contribution in [-0.2, 0) is 6.42 Å².